The van der Waals surface area contributed by atoms with Crippen molar-refractivity contribution in [3.63, 3.8) is 0 Å². The van der Waals surface area contributed by atoms with Crippen LogP contribution in [-0.4, -0.2) is 6.03 Å². The monoisotopic (exact) mass is 333 g/mol. The van der Waals surface area contributed by atoms with E-state index < -0.39 is 0 Å². The van der Waals surface area contributed by atoms with E-state index in [9.17, 15) is 4.79 Å². The number of anilines is 3. The zero-order valence-corrected chi connectivity index (χ0v) is 12.9. The van der Waals surface area contributed by atoms with Gasteiger partial charge in [0.05, 0.1) is 11.4 Å². The first-order valence-corrected chi connectivity index (χ1v) is 6.95. The van der Waals surface area contributed by atoms with Gasteiger partial charge in [-0.2, -0.15) is 0 Å². The molecule has 0 fully saturated rings. The lowest BCUT2D eigenvalue weighted by Gasteiger charge is -2.12. The van der Waals surface area contributed by atoms with Gasteiger partial charge in [-0.05, 0) is 65.2 Å². The van der Waals surface area contributed by atoms with Crippen molar-refractivity contribution in [1.29, 1.82) is 0 Å². The average Bonchev–Trinajstić information content (AvgIpc) is 2.33. The van der Waals surface area contributed by atoms with E-state index in [4.69, 9.17) is 5.73 Å². The number of nitrogen functional groups attached to an aromatic ring is 1. The van der Waals surface area contributed by atoms with E-state index in [1.54, 1.807) is 0 Å². The van der Waals surface area contributed by atoms with E-state index in [-0.39, 0.29) is 6.03 Å². The third-order valence-electron chi connectivity index (χ3n) is 2.78. The molecule has 0 spiro atoms. The molecule has 0 unspecified atom stereocenters. The van der Waals surface area contributed by atoms with Crippen LogP contribution in [0.3, 0.4) is 0 Å². The van der Waals surface area contributed by atoms with Crippen molar-refractivity contribution >= 4 is 39.0 Å². The van der Waals surface area contributed by atoms with E-state index in [0.717, 1.165) is 21.3 Å². The minimum atomic E-state index is -0.327. The van der Waals surface area contributed by atoms with Crippen molar-refractivity contribution in [1.82, 2.24) is 0 Å². The maximum absolute atomic E-state index is 12.0. The van der Waals surface area contributed by atoms with Crippen LogP contribution < -0.4 is 16.4 Å². The van der Waals surface area contributed by atoms with Crippen LogP contribution in [0, 0.1) is 13.8 Å². The van der Waals surface area contributed by atoms with Crippen LogP contribution in [0.1, 0.15) is 11.1 Å². The standard InChI is InChI=1S/C15H16BrN3O/c1-9-4-3-5-11(6-9)18-15(20)19-14-12(16)7-10(2)8-13(14)17/h3-8H,17H2,1-2H3,(H2,18,19,20). The Morgan fingerprint density at radius 1 is 1.10 bits per heavy atom. The lowest BCUT2D eigenvalue weighted by Crippen LogP contribution is -2.20. The molecular formula is C15H16BrN3O. The molecule has 2 amide bonds. The third kappa shape index (κ3) is 3.51. The number of carbonyl (C=O) groups is 1. The van der Waals surface area contributed by atoms with Crippen molar-refractivity contribution in [2.24, 2.45) is 0 Å². The average molecular weight is 334 g/mol. The highest BCUT2D eigenvalue weighted by Gasteiger charge is 2.09. The second-order valence-electron chi connectivity index (χ2n) is 4.66. The summed E-state index contributed by atoms with van der Waals surface area (Å²) in [5, 5.41) is 5.53. The number of aryl methyl sites for hydroxylation is 2. The summed E-state index contributed by atoms with van der Waals surface area (Å²) < 4.78 is 0.759. The largest absolute Gasteiger partial charge is 0.397 e. The molecule has 2 aromatic carbocycles. The number of urea groups is 1. The first-order chi connectivity index (χ1) is 9.45. The Bertz CT molecular complexity index is 632. The number of halogens is 1. The van der Waals surface area contributed by atoms with Crippen molar-refractivity contribution < 1.29 is 4.79 Å². The fraction of sp³-hybridized carbons (Fsp3) is 0.133. The van der Waals surface area contributed by atoms with Gasteiger partial charge in [-0.25, -0.2) is 4.79 Å². The molecule has 4 nitrogen and oxygen atoms in total. The molecule has 104 valence electrons. The van der Waals surface area contributed by atoms with E-state index in [1.807, 2.05) is 50.2 Å². The van der Waals surface area contributed by atoms with Gasteiger partial charge in [0.2, 0.25) is 0 Å². The van der Waals surface area contributed by atoms with Crippen molar-refractivity contribution in [2.45, 2.75) is 13.8 Å². The number of amides is 2. The molecule has 0 aromatic heterocycles. The normalized spacial score (nSPS) is 10.2. The number of nitrogens with two attached hydrogens (primary N) is 1. The Morgan fingerprint density at radius 3 is 2.50 bits per heavy atom. The predicted octanol–water partition coefficient (Wildman–Crippen LogP) is 4.29. The minimum Gasteiger partial charge on any atom is -0.397 e. The van der Waals surface area contributed by atoms with Gasteiger partial charge in [0, 0.05) is 10.2 Å². The minimum absolute atomic E-state index is 0.327. The van der Waals surface area contributed by atoms with Gasteiger partial charge in [-0.3, -0.25) is 0 Å². The van der Waals surface area contributed by atoms with E-state index in [0.29, 0.717) is 11.4 Å². The van der Waals surface area contributed by atoms with Crippen molar-refractivity contribution in [2.75, 3.05) is 16.4 Å². The topological polar surface area (TPSA) is 67.2 Å². The van der Waals surface area contributed by atoms with Gasteiger partial charge in [-0.1, -0.05) is 12.1 Å². The van der Waals surface area contributed by atoms with Crippen LogP contribution in [0.25, 0.3) is 0 Å². The van der Waals surface area contributed by atoms with Gasteiger partial charge in [0.1, 0.15) is 0 Å². The molecule has 0 radical (unpaired) electrons. The Labute approximate surface area is 126 Å². The Hall–Kier alpha value is -2.01. The summed E-state index contributed by atoms with van der Waals surface area (Å²) in [7, 11) is 0. The Kier molecular flexibility index (Phi) is 4.29. The highest BCUT2D eigenvalue weighted by Crippen LogP contribution is 2.30. The molecule has 0 aliphatic carbocycles. The van der Waals surface area contributed by atoms with Crippen molar-refractivity contribution in [3.05, 3.63) is 52.0 Å². The number of rotatable bonds is 2. The molecule has 5 heteroatoms. The van der Waals surface area contributed by atoms with E-state index in [2.05, 4.69) is 26.6 Å². The smallest absolute Gasteiger partial charge is 0.323 e. The number of nitrogens with one attached hydrogen (secondary N) is 2. The van der Waals surface area contributed by atoms with Crippen molar-refractivity contribution in [3.8, 4) is 0 Å². The molecule has 0 bridgehead atoms. The van der Waals surface area contributed by atoms with Crippen LogP contribution >= 0.6 is 15.9 Å². The third-order valence-corrected chi connectivity index (χ3v) is 3.40. The number of hydrogen-bond acceptors (Lipinski definition) is 2. The lowest BCUT2D eigenvalue weighted by atomic mass is 10.2. The van der Waals surface area contributed by atoms with Gasteiger partial charge in [0.25, 0.3) is 0 Å². The summed E-state index contributed by atoms with van der Waals surface area (Å²) in [6.07, 6.45) is 0. The Balaban J connectivity index is 2.13. The molecule has 0 aliphatic heterocycles. The first-order valence-electron chi connectivity index (χ1n) is 6.16. The maximum Gasteiger partial charge on any atom is 0.323 e. The highest BCUT2D eigenvalue weighted by molar-refractivity contribution is 9.10. The Morgan fingerprint density at radius 2 is 1.85 bits per heavy atom. The summed E-state index contributed by atoms with van der Waals surface area (Å²) in [4.78, 5) is 12.0. The van der Waals surface area contributed by atoms with E-state index in [1.165, 1.54) is 0 Å². The molecule has 0 saturated carbocycles. The maximum atomic E-state index is 12.0. The summed E-state index contributed by atoms with van der Waals surface area (Å²) >= 11 is 3.40. The molecule has 0 saturated heterocycles. The predicted molar refractivity (Wildman–Crippen MR) is 87.1 cm³/mol. The van der Waals surface area contributed by atoms with Gasteiger partial charge < -0.3 is 16.4 Å². The van der Waals surface area contributed by atoms with Crippen LogP contribution in [0.15, 0.2) is 40.9 Å². The van der Waals surface area contributed by atoms with E-state index >= 15 is 0 Å². The second kappa shape index (κ2) is 5.96. The summed E-state index contributed by atoms with van der Waals surface area (Å²) in [6.45, 7) is 3.91. The van der Waals surface area contributed by atoms with Crippen LogP contribution in [-0.2, 0) is 0 Å². The number of hydrogen-bond donors (Lipinski definition) is 3. The quantitative estimate of drug-likeness (QED) is 0.717. The molecule has 2 aromatic rings. The molecule has 0 heterocycles. The summed E-state index contributed by atoms with van der Waals surface area (Å²) in [6, 6.07) is 11.0. The van der Waals surface area contributed by atoms with Gasteiger partial charge >= 0.3 is 6.03 Å². The molecule has 0 aliphatic rings. The molecule has 20 heavy (non-hydrogen) atoms. The lowest BCUT2D eigenvalue weighted by molar-refractivity contribution is 0.262. The number of benzene rings is 2. The fourth-order valence-electron chi connectivity index (χ4n) is 1.90. The molecule has 0 atom stereocenters. The van der Waals surface area contributed by atoms with Crippen LogP contribution in [0.5, 0.6) is 0 Å². The highest BCUT2D eigenvalue weighted by atomic mass is 79.9. The zero-order valence-electron chi connectivity index (χ0n) is 11.3. The van der Waals surface area contributed by atoms with Gasteiger partial charge in [0.15, 0.2) is 0 Å². The second-order valence-corrected chi connectivity index (χ2v) is 5.51. The van der Waals surface area contributed by atoms with Gasteiger partial charge in [-0.15, -0.1) is 0 Å². The molecule has 4 N–H and O–H groups in total. The fourth-order valence-corrected chi connectivity index (χ4v) is 2.59. The zero-order chi connectivity index (χ0) is 14.7. The first kappa shape index (κ1) is 14.4. The van der Waals surface area contributed by atoms with Crippen LogP contribution in [0.4, 0.5) is 21.9 Å². The number of carbonyl (C=O) groups excluding carboxylic acids is 1. The molecular weight excluding hydrogens is 318 g/mol. The summed E-state index contributed by atoms with van der Waals surface area (Å²) in [5.41, 5.74) is 9.86. The van der Waals surface area contributed by atoms with Crippen LogP contribution in [0.2, 0.25) is 0 Å². The SMILES string of the molecule is Cc1cccc(NC(=O)Nc2c(N)cc(C)cc2Br)c1. The molecule has 2 rings (SSSR count). The summed E-state index contributed by atoms with van der Waals surface area (Å²) in [5.74, 6) is 0.